The number of halogens is 2. The van der Waals surface area contributed by atoms with E-state index in [1.54, 1.807) is 4.90 Å². The van der Waals surface area contributed by atoms with E-state index >= 15 is 0 Å². The maximum atomic E-state index is 13.0. The van der Waals surface area contributed by atoms with Crippen molar-refractivity contribution in [3.8, 4) is 17.2 Å². The molecule has 4 rings (SSSR count). The summed E-state index contributed by atoms with van der Waals surface area (Å²) >= 11 is 0. The molecule has 1 aromatic carbocycles. The van der Waals surface area contributed by atoms with Gasteiger partial charge in [-0.1, -0.05) is 0 Å². The van der Waals surface area contributed by atoms with Crippen molar-refractivity contribution in [3.05, 3.63) is 36.0 Å². The van der Waals surface area contributed by atoms with Crippen molar-refractivity contribution < 1.29 is 32.2 Å². The van der Waals surface area contributed by atoms with E-state index in [-0.39, 0.29) is 41.3 Å². The molecule has 1 aromatic heterocycles. The number of hydrogen-bond acceptors (Lipinski definition) is 6. The fourth-order valence-corrected chi connectivity index (χ4v) is 2.72. The van der Waals surface area contributed by atoms with Gasteiger partial charge in [-0.05, 0) is 25.0 Å². The molecule has 0 N–H and O–H groups in total. The number of oxazole rings is 1. The highest BCUT2D eigenvalue weighted by molar-refractivity contribution is 5.92. The molecule has 0 saturated carbocycles. The van der Waals surface area contributed by atoms with E-state index in [0.717, 1.165) is 25.9 Å². The number of nitrogens with zero attached hydrogens (tertiary/aromatic N) is 2. The number of benzene rings is 1. The van der Waals surface area contributed by atoms with Gasteiger partial charge >= 0.3 is 6.29 Å². The third-order valence-electron chi connectivity index (χ3n) is 3.90. The van der Waals surface area contributed by atoms with Gasteiger partial charge in [0, 0.05) is 19.2 Å². The van der Waals surface area contributed by atoms with E-state index in [0.29, 0.717) is 0 Å². The lowest BCUT2D eigenvalue weighted by molar-refractivity contribution is -0.286. The van der Waals surface area contributed by atoms with Gasteiger partial charge in [0.15, 0.2) is 23.8 Å². The summed E-state index contributed by atoms with van der Waals surface area (Å²) in [5.74, 6) is 0.154. The van der Waals surface area contributed by atoms with Crippen LogP contribution < -0.4 is 14.2 Å². The van der Waals surface area contributed by atoms with Crippen LogP contribution in [-0.2, 0) is 6.61 Å². The number of fused-ring (bicyclic) bond motifs is 1. The molecule has 9 heteroatoms. The molecule has 0 radical (unpaired) electrons. The molecular formula is C16H14F2N2O5. The standard InChI is InChI=1S/C16H14F2N2O5/c17-16(18)24-12-4-3-10(7-13(12)25-16)22-9-14-19-11(8-23-14)15(21)20-5-1-2-6-20/h3-4,7-8H,1-2,5-6,9H2. The summed E-state index contributed by atoms with van der Waals surface area (Å²) in [6, 6.07) is 4.07. The highest BCUT2D eigenvalue weighted by Crippen LogP contribution is 2.42. The number of hydrogen-bond donors (Lipinski definition) is 0. The van der Waals surface area contributed by atoms with Crippen molar-refractivity contribution in [1.82, 2.24) is 9.88 Å². The minimum atomic E-state index is -3.67. The summed E-state index contributed by atoms with van der Waals surface area (Å²) < 4.78 is 45.3. The Balaban J connectivity index is 1.39. The zero-order chi connectivity index (χ0) is 17.4. The average molecular weight is 352 g/mol. The molecule has 3 heterocycles. The largest absolute Gasteiger partial charge is 0.586 e. The minimum Gasteiger partial charge on any atom is -0.484 e. The van der Waals surface area contributed by atoms with E-state index in [1.807, 2.05) is 0 Å². The molecule has 25 heavy (non-hydrogen) atoms. The lowest BCUT2D eigenvalue weighted by Gasteiger charge is -2.12. The van der Waals surface area contributed by atoms with Gasteiger partial charge in [0.25, 0.3) is 5.91 Å². The van der Waals surface area contributed by atoms with Crippen LogP contribution in [0.25, 0.3) is 0 Å². The first-order chi connectivity index (χ1) is 12.0. The van der Waals surface area contributed by atoms with Gasteiger partial charge in [-0.15, -0.1) is 8.78 Å². The van der Waals surface area contributed by atoms with Crippen LogP contribution in [0.15, 0.2) is 28.9 Å². The summed E-state index contributed by atoms with van der Waals surface area (Å²) in [5, 5.41) is 0. The Morgan fingerprint density at radius 1 is 1.24 bits per heavy atom. The van der Waals surface area contributed by atoms with Gasteiger partial charge in [-0.3, -0.25) is 4.79 Å². The first kappa shape index (κ1) is 15.7. The number of carbonyl (C=O) groups is 1. The number of alkyl halides is 2. The Morgan fingerprint density at radius 3 is 2.80 bits per heavy atom. The number of aromatic nitrogens is 1. The van der Waals surface area contributed by atoms with Crippen LogP contribution in [0.3, 0.4) is 0 Å². The second-order valence-electron chi connectivity index (χ2n) is 5.69. The molecule has 1 saturated heterocycles. The van der Waals surface area contributed by atoms with Crippen molar-refractivity contribution in [2.24, 2.45) is 0 Å². The lowest BCUT2D eigenvalue weighted by atomic mass is 10.3. The molecule has 2 aliphatic rings. The normalized spacial score (nSPS) is 17.8. The number of amides is 1. The summed E-state index contributed by atoms with van der Waals surface area (Å²) in [6.45, 7) is 1.39. The third-order valence-corrected chi connectivity index (χ3v) is 3.90. The Morgan fingerprint density at radius 2 is 2.00 bits per heavy atom. The first-order valence-corrected chi connectivity index (χ1v) is 7.76. The number of rotatable bonds is 4. The predicted octanol–water partition coefficient (Wildman–Crippen LogP) is 2.81. The third kappa shape index (κ3) is 3.21. The van der Waals surface area contributed by atoms with Crippen LogP contribution >= 0.6 is 0 Å². The second kappa shape index (κ2) is 5.91. The monoisotopic (exact) mass is 352 g/mol. The van der Waals surface area contributed by atoms with E-state index in [9.17, 15) is 13.6 Å². The molecule has 2 aliphatic heterocycles. The van der Waals surface area contributed by atoms with Crippen molar-refractivity contribution in [3.63, 3.8) is 0 Å². The Hall–Kier alpha value is -2.84. The summed E-state index contributed by atoms with van der Waals surface area (Å²) in [7, 11) is 0. The van der Waals surface area contributed by atoms with Gasteiger partial charge in [0.1, 0.15) is 12.0 Å². The average Bonchev–Trinajstić information content (AvgIpc) is 3.30. The van der Waals surface area contributed by atoms with Crippen molar-refractivity contribution in [2.75, 3.05) is 13.1 Å². The smallest absolute Gasteiger partial charge is 0.484 e. The molecule has 2 aromatic rings. The molecule has 1 fully saturated rings. The molecule has 0 unspecified atom stereocenters. The SMILES string of the molecule is O=C(c1coc(COc2ccc3c(c2)OC(F)(F)O3)n1)N1CCCC1. The molecule has 0 spiro atoms. The van der Waals surface area contributed by atoms with Gasteiger partial charge in [0.2, 0.25) is 5.89 Å². The summed E-state index contributed by atoms with van der Waals surface area (Å²) in [4.78, 5) is 18.0. The maximum absolute atomic E-state index is 13.0. The Bertz CT molecular complexity index is 802. The predicted molar refractivity (Wildman–Crippen MR) is 78.6 cm³/mol. The van der Waals surface area contributed by atoms with Gasteiger partial charge in [-0.25, -0.2) is 4.98 Å². The zero-order valence-electron chi connectivity index (χ0n) is 13.0. The zero-order valence-corrected chi connectivity index (χ0v) is 13.0. The second-order valence-corrected chi connectivity index (χ2v) is 5.69. The summed E-state index contributed by atoms with van der Waals surface area (Å²) in [6.07, 6.45) is -0.403. The minimum absolute atomic E-state index is 0.0523. The number of ether oxygens (including phenoxy) is 3. The number of carbonyl (C=O) groups excluding carboxylic acids is 1. The Labute approximate surface area is 141 Å². The van der Waals surface area contributed by atoms with Crippen LogP contribution in [0.1, 0.15) is 29.2 Å². The molecule has 0 bridgehead atoms. The van der Waals surface area contributed by atoms with Crippen LogP contribution in [0.5, 0.6) is 17.2 Å². The quantitative estimate of drug-likeness (QED) is 0.842. The lowest BCUT2D eigenvalue weighted by Crippen LogP contribution is -2.27. The Kier molecular flexibility index (Phi) is 3.70. The number of likely N-dealkylation sites (tertiary alicyclic amines) is 1. The molecule has 0 atom stereocenters. The van der Waals surface area contributed by atoms with E-state index < -0.39 is 6.29 Å². The fourth-order valence-electron chi connectivity index (χ4n) is 2.72. The molecular weight excluding hydrogens is 338 g/mol. The fraction of sp³-hybridized carbons (Fsp3) is 0.375. The topological polar surface area (TPSA) is 74.0 Å². The van der Waals surface area contributed by atoms with Gasteiger partial charge < -0.3 is 23.5 Å². The van der Waals surface area contributed by atoms with Crippen LogP contribution in [0.4, 0.5) is 8.78 Å². The maximum Gasteiger partial charge on any atom is 0.586 e. The van der Waals surface area contributed by atoms with E-state index in [4.69, 9.17) is 9.15 Å². The molecule has 0 aliphatic carbocycles. The first-order valence-electron chi connectivity index (χ1n) is 7.76. The highest BCUT2D eigenvalue weighted by atomic mass is 19.3. The molecule has 1 amide bonds. The van der Waals surface area contributed by atoms with Crippen molar-refractivity contribution in [2.45, 2.75) is 25.7 Å². The van der Waals surface area contributed by atoms with Crippen LogP contribution in [0.2, 0.25) is 0 Å². The van der Waals surface area contributed by atoms with Gasteiger partial charge in [-0.2, -0.15) is 0 Å². The van der Waals surface area contributed by atoms with Crippen LogP contribution in [-0.4, -0.2) is 35.2 Å². The van der Waals surface area contributed by atoms with Crippen LogP contribution in [0, 0.1) is 0 Å². The molecule has 132 valence electrons. The van der Waals surface area contributed by atoms with E-state index in [1.165, 1.54) is 24.5 Å². The van der Waals surface area contributed by atoms with E-state index in [2.05, 4.69) is 14.5 Å². The van der Waals surface area contributed by atoms with Crippen molar-refractivity contribution >= 4 is 5.91 Å². The molecule has 7 nitrogen and oxygen atoms in total. The van der Waals surface area contributed by atoms with Crippen molar-refractivity contribution in [1.29, 1.82) is 0 Å². The summed E-state index contributed by atoms with van der Waals surface area (Å²) in [5.41, 5.74) is 0.228. The van der Waals surface area contributed by atoms with Gasteiger partial charge in [0.05, 0.1) is 0 Å². The highest BCUT2D eigenvalue weighted by Gasteiger charge is 2.43.